The molecule has 0 amide bonds. The minimum Gasteiger partial charge on any atom is -0.490 e. The molecule has 0 spiro atoms. The highest BCUT2D eigenvalue weighted by Crippen LogP contribution is 2.67. The molecule has 0 N–H and O–H groups in total. The number of ether oxygens (including phenoxy) is 2. The standard InChI is InChI=1S/C30H28O6/c1-17-5-9-19(10-6-17)23-24(20-11-7-18(2)8-12-20)26(30-28(34-4)22(32)14-16-36-30)25(23)29-27(33-3)21(31)13-15-35-29/h5-16,23-26H,1-4H3/t23-,24-,25+,26+/m1/s1. The normalized spacial score (nSPS) is 21.0. The highest BCUT2D eigenvalue weighted by molar-refractivity contribution is 5.49. The van der Waals surface area contributed by atoms with Crippen LogP contribution in [0.1, 0.15) is 57.4 Å². The summed E-state index contributed by atoms with van der Waals surface area (Å²) in [6, 6.07) is 19.4. The van der Waals surface area contributed by atoms with Crippen molar-refractivity contribution in [1.29, 1.82) is 0 Å². The van der Waals surface area contributed by atoms with E-state index in [1.165, 1.54) is 38.9 Å². The van der Waals surface area contributed by atoms with E-state index < -0.39 is 0 Å². The molecule has 0 bridgehead atoms. The van der Waals surface area contributed by atoms with Crippen LogP contribution in [0.3, 0.4) is 0 Å². The molecule has 184 valence electrons. The quantitative estimate of drug-likeness (QED) is 0.351. The van der Waals surface area contributed by atoms with Gasteiger partial charge >= 0.3 is 0 Å². The molecule has 2 aromatic carbocycles. The van der Waals surface area contributed by atoms with Gasteiger partial charge < -0.3 is 18.3 Å². The lowest BCUT2D eigenvalue weighted by Gasteiger charge is -2.51. The topological polar surface area (TPSA) is 78.9 Å². The average Bonchev–Trinajstić information content (AvgIpc) is 2.86. The second-order valence-corrected chi connectivity index (χ2v) is 9.29. The molecule has 0 aliphatic heterocycles. The fraction of sp³-hybridized carbons (Fsp3) is 0.267. The third-order valence-electron chi connectivity index (χ3n) is 7.21. The number of rotatable bonds is 6. The summed E-state index contributed by atoms with van der Waals surface area (Å²) in [6.07, 6.45) is 2.78. The Balaban J connectivity index is 1.79. The molecule has 1 saturated carbocycles. The molecular weight excluding hydrogens is 456 g/mol. The van der Waals surface area contributed by atoms with Crippen LogP contribution in [0.5, 0.6) is 11.5 Å². The van der Waals surface area contributed by atoms with E-state index in [2.05, 4.69) is 48.5 Å². The molecule has 5 rings (SSSR count). The van der Waals surface area contributed by atoms with E-state index >= 15 is 0 Å². The predicted octanol–water partition coefficient (Wildman–Crippen LogP) is 5.68. The van der Waals surface area contributed by atoms with E-state index in [4.69, 9.17) is 18.3 Å². The van der Waals surface area contributed by atoms with Gasteiger partial charge in [0.15, 0.2) is 11.5 Å². The summed E-state index contributed by atoms with van der Waals surface area (Å²) in [5, 5.41) is 0. The molecular formula is C30H28O6. The number of aryl methyl sites for hydroxylation is 2. The average molecular weight is 485 g/mol. The van der Waals surface area contributed by atoms with Crippen molar-refractivity contribution >= 4 is 0 Å². The number of hydrogen-bond donors (Lipinski definition) is 0. The minimum absolute atomic E-state index is 0.0760. The summed E-state index contributed by atoms with van der Waals surface area (Å²) in [7, 11) is 2.93. The van der Waals surface area contributed by atoms with Gasteiger partial charge in [-0.05, 0) is 25.0 Å². The molecule has 6 nitrogen and oxygen atoms in total. The lowest BCUT2D eigenvalue weighted by atomic mass is 9.51. The first-order valence-electron chi connectivity index (χ1n) is 11.9. The Morgan fingerprint density at radius 1 is 0.556 bits per heavy atom. The van der Waals surface area contributed by atoms with Gasteiger partial charge in [-0.15, -0.1) is 0 Å². The van der Waals surface area contributed by atoms with Crippen molar-refractivity contribution in [3.8, 4) is 11.5 Å². The molecule has 0 radical (unpaired) electrons. The first-order chi connectivity index (χ1) is 17.4. The fourth-order valence-electron chi connectivity index (χ4n) is 5.51. The van der Waals surface area contributed by atoms with Gasteiger partial charge in [0.2, 0.25) is 22.4 Å². The van der Waals surface area contributed by atoms with Crippen molar-refractivity contribution in [2.75, 3.05) is 14.2 Å². The molecule has 4 aromatic rings. The van der Waals surface area contributed by atoms with Crippen LogP contribution in [0.4, 0.5) is 0 Å². The van der Waals surface area contributed by atoms with Crippen LogP contribution in [0.25, 0.3) is 0 Å². The van der Waals surface area contributed by atoms with E-state index in [1.807, 2.05) is 13.8 Å². The Hall–Kier alpha value is -4.06. The molecule has 1 fully saturated rings. The van der Waals surface area contributed by atoms with Crippen LogP contribution >= 0.6 is 0 Å². The first-order valence-corrected chi connectivity index (χ1v) is 11.9. The maximum atomic E-state index is 12.7. The molecule has 0 unspecified atom stereocenters. The Morgan fingerprint density at radius 3 is 1.25 bits per heavy atom. The Kier molecular flexibility index (Phi) is 6.27. The van der Waals surface area contributed by atoms with Crippen molar-refractivity contribution in [1.82, 2.24) is 0 Å². The maximum absolute atomic E-state index is 12.7. The fourth-order valence-corrected chi connectivity index (χ4v) is 5.51. The van der Waals surface area contributed by atoms with Crippen molar-refractivity contribution in [2.45, 2.75) is 37.5 Å². The largest absolute Gasteiger partial charge is 0.490 e. The Morgan fingerprint density at radius 2 is 0.917 bits per heavy atom. The molecule has 1 aliphatic rings. The number of benzene rings is 2. The van der Waals surface area contributed by atoms with Gasteiger partial charge in [0.25, 0.3) is 0 Å². The summed E-state index contributed by atoms with van der Waals surface area (Å²) < 4.78 is 23.0. The molecule has 36 heavy (non-hydrogen) atoms. The van der Waals surface area contributed by atoms with Gasteiger partial charge in [0.05, 0.1) is 26.7 Å². The molecule has 2 heterocycles. The first kappa shape index (κ1) is 23.7. The van der Waals surface area contributed by atoms with Crippen LogP contribution in [0.2, 0.25) is 0 Å². The zero-order chi connectivity index (χ0) is 25.4. The molecule has 6 heteroatoms. The van der Waals surface area contributed by atoms with Crippen LogP contribution in [-0.2, 0) is 0 Å². The molecule has 2 aromatic heterocycles. The highest BCUT2D eigenvalue weighted by atomic mass is 16.5. The monoisotopic (exact) mass is 484 g/mol. The SMILES string of the molecule is COc1c([C@H]2[C@H](c3ccc(C)cc3)[C@@H](c3ccc(C)cc3)[C@@H]2c2occc(=O)c2OC)occc1=O. The lowest BCUT2D eigenvalue weighted by molar-refractivity contribution is 0.160. The van der Waals surface area contributed by atoms with Gasteiger partial charge in [0.1, 0.15) is 0 Å². The summed E-state index contributed by atoms with van der Waals surface area (Å²) in [5.74, 6) is 0.328. The number of hydrogen-bond acceptors (Lipinski definition) is 6. The minimum atomic E-state index is -0.345. The molecule has 0 saturated heterocycles. The van der Waals surface area contributed by atoms with Crippen LogP contribution in [0.15, 0.2) is 91.6 Å². The van der Waals surface area contributed by atoms with E-state index in [9.17, 15) is 9.59 Å². The summed E-state index contributed by atoms with van der Waals surface area (Å²) in [5.41, 5.74) is 3.97. The highest BCUT2D eigenvalue weighted by Gasteiger charge is 2.57. The van der Waals surface area contributed by atoms with E-state index in [0.29, 0.717) is 11.5 Å². The zero-order valence-corrected chi connectivity index (χ0v) is 20.7. The van der Waals surface area contributed by atoms with Crippen LogP contribution in [0, 0.1) is 13.8 Å². The van der Waals surface area contributed by atoms with E-state index in [0.717, 1.165) is 22.3 Å². The summed E-state index contributed by atoms with van der Waals surface area (Å²) in [4.78, 5) is 25.5. The number of methoxy groups -OCH3 is 2. The van der Waals surface area contributed by atoms with E-state index in [1.54, 1.807) is 0 Å². The maximum Gasteiger partial charge on any atom is 0.227 e. The van der Waals surface area contributed by atoms with Gasteiger partial charge in [-0.25, -0.2) is 0 Å². The van der Waals surface area contributed by atoms with E-state index in [-0.39, 0.29) is 46.0 Å². The van der Waals surface area contributed by atoms with Crippen molar-refractivity contribution in [2.24, 2.45) is 0 Å². The van der Waals surface area contributed by atoms with Gasteiger partial charge in [-0.1, -0.05) is 59.7 Å². The van der Waals surface area contributed by atoms with Gasteiger partial charge in [0, 0.05) is 35.8 Å². The van der Waals surface area contributed by atoms with Crippen molar-refractivity contribution < 1.29 is 18.3 Å². The van der Waals surface area contributed by atoms with Gasteiger partial charge in [-0.2, -0.15) is 0 Å². The third-order valence-corrected chi connectivity index (χ3v) is 7.21. The summed E-state index contributed by atoms with van der Waals surface area (Å²) >= 11 is 0. The van der Waals surface area contributed by atoms with Crippen LogP contribution in [-0.4, -0.2) is 14.2 Å². The smallest absolute Gasteiger partial charge is 0.227 e. The Bertz CT molecular complexity index is 1360. The van der Waals surface area contributed by atoms with Crippen LogP contribution < -0.4 is 20.3 Å². The summed E-state index contributed by atoms with van der Waals surface area (Å²) in [6.45, 7) is 4.09. The van der Waals surface area contributed by atoms with Crippen molar-refractivity contribution in [3.05, 3.63) is 127 Å². The predicted molar refractivity (Wildman–Crippen MR) is 136 cm³/mol. The second kappa shape index (κ2) is 9.53. The molecule has 4 atom stereocenters. The van der Waals surface area contributed by atoms with Crippen molar-refractivity contribution in [3.63, 3.8) is 0 Å². The molecule has 1 aliphatic carbocycles. The van der Waals surface area contributed by atoms with Gasteiger partial charge in [-0.3, -0.25) is 9.59 Å². The lowest BCUT2D eigenvalue weighted by Crippen LogP contribution is -2.41. The second-order valence-electron chi connectivity index (χ2n) is 9.29. The Labute approximate surface area is 209 Å². The zero-order valence-electron chi connectivity index (χ0n) is 20.7. The third kappa shape index (κ3) is 3.92.